The number of nitrogens with zero attached hydrogens (tertiary/aromatic N) is 2. The van der Waals surface area contributed by atoms with E-state index in [1.54, 1.807) is 18.2 Å². The third-order valence-electron chi connectivity index (χ3n) is 2.72. The molecule has 1 aromatic heterocycles. The molecule has 0 fully saturated rings. The molecule has 0 saturated carbocycles. The van der Waals surface area contributed by atoms with Gasteiger partial charge in [0.2, 0.25) is 5.82 Å². The topological polar surface area (TPSA) is 74.2 Å². The minimum absolute atomic E-state index is 0.147. The average molecular weight is 282 g/mol. The Kier molecular flexibility index (Phi) is 4.39. The number of nitrogens with two attached hydrogens (primary N) is 1. The standard InChI is InChI=1S/C13H16ClN3O2/c1-3-11(18-4-2)12-16-13(19-17-12)8-5-6-10(15)9(14)7-8/h5-7,11H,3-4,15H2,1-2H3. The number of rotatable bonds is 5. The van der Waals surface area contributed by atoms with Crippen molar-refractivity contribution in [2.45, 2.75) is 26.4 Å². The lowest BCUT2D eigenvalue weighted by Gasteiger charge is -2.09. The Hall–Kier alpha value is -1.59. The van der Waals surface area contributed by atoms with Crippen LogP contribution in [0.1, 0.15) is 32.2 Å². The van der Waals surface area contributed by atoms with Gasteiger partial charge in [-0.25, -0.2) is 0 Å². The smallest absolute Gasteiger partial charge is 0.258 e. The minimum atomic E-state index is -0.147. The van der Waals surface area contributed by atoms with Crippen molar-refractivity contribution in [1.82, 2.24) is 10.1 Å². The molecule has 19 heavy (non-hydrogen) atoms. The molecule has 0 saturated heterocycles. The summed E-state index contributed by atoms with van der Waals surface area (Å²) in [7, 11) is 0. The van der Waals surface area contributed by atoms with Crippen LogP contribution in [0.5, 0.6) is 0 Å². The van der Waals surface area contributed by atoms with Gasteiger partial charge < -0.3 is 15.0 Å². The molecule has 1 heterocycles. The Balaban J connectivity index is 2.27. The number of aromatic nitrogens is 2. The summed E-state index contributed by atoms with van der Waals surface area (Å²) >= 11 is 5.97. The van der Waals surface area contributed by atoms with Crippen LogP contribution in [0.25, 0.3) is 11.5 Å². The molecule has 102 valence electrons. The van der Waals surface area contributed by atoms with E-state index in [4.69, 9.17) is 26.6 Å². The third-order valence-corrected chi connectivity index (χ3v) is 3.04. The zero-order valence-corrected chi connectivity index (χ0v) is 11.6. The van der Waals surface area contributed by atoms with Gasteiger partial charge in [-0.05, 0) is 31.5 Å². The Morgan fingerprint density at radius 1 is 1.42 bits per heavy atom. The molecule has 0 aliphatic heterocycles. The Bertz CT molecular complexity index is 557. The summed E-state index contributed by atoms with van der Waals surface area (Å²) < 4.78 is 10.8. The van der Waals surface area contributed by atoms with Crippen molar-refractivity contribution in [2.24, 2.45) is 0 Å². The van der Waals surface area contributed by atoms with E-state index >= 15 is 0 Å². The summed E-state index contributed by atoms with van der Waals surface area (Å²) in [5, 5.41) is 4.42. The van der Waals surface area contributed by atoms with E-state index in [1.807, 2.05) is 13.8 Å². The van der Waals surface area contributed by atoms with Crippen LogP contribution in [0.3, 0.4) is 0 Å². The first-order chi connectivity index (χ1) is 9.15. The minimum Gasteiger partial charge on any atom is -0.398 e. The Morgan fingerprint density at radius 3 is 2.84 bits per heavy atom. The van der Waals surface area contributed by atoms with Crippen LogP contribution in [0.2, 0.25) is 5.02 Å². The maximum absolute atomic E-state index is 5.97. The lowest BCUT2D eigenvalue weighted by molar-refractivity contribution is 0.0518. The van der Waals surface area contributed by atoms with Crippen LogP contribution in [-0.4, -0.2) is 16.7 Å². The second kappa shape index (κ2) is 6.04. The van der Waals surface area contributed by atoms with Gasteiger partial charge in [-0.15, -0.1) is 0 Å². The number of ether oxygens (including phenoxy) is 1. The van der Waals surface area contributed by atoms with Gasteiger partial charge in [-0.3, -0.25) is 0 Å². The van der Waals surface area contributed by atoms with Gasteiger partial charge >= 0.3 is 0 Å². The predicted octanol–water partition coefficient (Wildman–Crippen LogP) is 3.46. The summed E-state index contributed by atoms with van der Waals surface area (Å²) in [6.07, 6.45) is 0.640. The number of halogens is 1. The molecule has 2 N–H and O–H groups in total. The summed E-state index contributed by atoms with van der Waals surface area (Å²) in [5.41, 5.74) is 6.92. The molecule has 0 radical (unpaired) electrons. The lowest BCUT2D eigenvalue weighted by atomic mass is 10.2. The highest BCUT2D eigenvalue weighted by Gasteiger charge is 2.17. The maximum atomic E-state index is 5.97. The average Bonchev–Trinajstić information content (AvgIpc) is 2.88. The van der Waals surface area contributed by atoms with Gasteiger partial charge in [0.1, 0.15) is 6.10 Å². The van der Waals surface area contributed by atoms with Gasteiger partial charge in [-0.2, -0.15) is 4.98 Å². The predicted molar refractivity (Wildman–Crippen MR) is 73.8 cm³/mol. The van der Waals surface area contributed by atoms with Crippen molar-refractivity contribution in [3.63, 3.8) is 0 Å². The highest BCUT2D eigenvalue weighted by Crippen LogP contribution is 2.27. The van der Waals surface area contributed by atoms with Gasteiger partial charge in [-0.1, -0.05) is 23.7 Å². The molecule has 2 rings (SSSR count). The largest absolute Gasteiger partial charge is 0.398 e. The quantitative estimate of drug-likeness (QED) is 0.850. The van der Waals surface area contributed by atoms with Crippen molar-refractivity contribution in [2.75, 3.05) is 12.3 Å². The third kappa shape index (κ3) is 3.05. The zero-order chi connectivity index (χ0) is 13.8. The molecule has 1 atom stereocenters. The van der Waals surface area contributed by atoms with Gasteiger partial charge in [0.05, 0.1) is 10.7 Å². The van der Waals surface area contributed by atoms with E-state index in [0.717, 1.165) is 12.0 Å². The van der Waals surface area contributed by atoms with Crippen LogP contribution in [0.15, 0.2) is 22.7 Å². The first kappa shape index (κ1) is 13.8. The monoisotopic (exact) mass is 281 g/mol. The summed E-state index contributed by atoms with van der Waals surface area (Å²) in [4.78, 5) is 4.34. The van der Waals surface area contributed by atoms with E-state index in [-0.39, 0.29) is 6.10 Å². The molecule has 0 bridgehead atoms. The molecule has 5 nitrogen and oxygen atoms in total. The highest BCUT2D eigenvalue weighted by atomic mass is 35.5. The SMILES string of the molecule is CCOC(CC)c1noc(-c2ccc(N)c(Cl)c2)n1. The first-order valence-electron chi connectivity index (χ1n) is 6.16. The summed E-state index contributed by atoms with van der Waals surface area (Å²) in [6.45, 7) is 4.55. The van der Waals surface area contributed by atoms with E-state index in [9.17, 15) is 0 Å². The number of benzene rings is 1. The molecule has 0 spiro atoms. The second-order valence-electron chi connectivity index (χ2n) is 4.05. The fourth-order valence-electron chi connectivity index (χ4n) is 1.72. The van der Waals surface area contributed by atoms with Gasteiger partial charge in [0.25, 0.3) is 5.89 Å². The lowest BCUT2D eigenvalue weighted by Crippen LogP contribution is -2.04. The van der Waals surface area contributed by atoms with Crippen LogP contribution in [0, 0.1) is 0 Å². The number of anilines is 1. The van der Waals surface area contributed by atoms with Crippen molar-refractivity contribution >= 4 is 17.3 Å². The van der Waals surface area contributed by atoms with E-state index < -0.39 is 0 Å². The molecule has 0 amide bonds. The number of hydrogen-bond acceptors (Lipinski definition) is 5. The fourth-order valence-corrected chi connectivity index (χ4v) is 1.90. The zero-order valence-electron chi connectivity index (χ0n) is 10.9. The van der Waals surface area contributed by atoms with Crippen molar-refractivity contribution in [1.29, 1.82) is 0 Å². The van der Waals surface area contributed by atoms with Crippen molar-refractivity contribution in [3.8, 4) is 11.5 Å². The van der Waals surface area contributed by atoms with Gasteiger partial charge in [0.15, 0.2) is 0 Å². The molecule has 1 unspecified atom stereocenters. The van der Waals surface area contributed by atoms with Crippen LogP contribution >= 0.6 is 11.6 Å². The summed E-state index contributed by atoms with van der Waals surface area (Å²) in [6, 6.07) is 5.21. The van der Waals surface area contributed by atoms with Crippen LogP contribution in [-0.2, 0) is 4.74 Å². The number of hydrogen-bond donors (Lipinski definition) is 1. The molecule has 6 heteroatoms. The molecule has 1 aromatic carbocycles. The Labute approximate surface area is 116 Å². The normalized spacial score (nSPS) is 12.6. The fraction of sp³-hybridized carbons (Fsp3) is 0.385. The van der Waals surface area contributed by atoms with Crippen LogP contribution in [0.4, 0.5) is 5.69 Å². The first-order valence-corrected chi connectivity index (χ1v) is 6.54. The van der Waals surface area contributed by atoms with E-state index in [2.05, 4.69) is 10.1 Å². The molecular formula is C13H16ClN3O2. The summed E-state index contributed by atoms with van der Waals surface area (Å²) in [5.74, 6) is 0.961. The number of nitrogen functional groups attached to an aromatic ring is 1. The van der Waals surface area contributed by atoms with Gasteiger partial charge in [0, 0.05) is 12.2 Å². The highest BCUT2D eigenvalue weighted by molar-refractivity contribution is 6.33. The molecular weight excluding hydrogens is 266 g/mol. The van der Waals surface area contributed by atoms with Crippen molar-refractivity contribution in [3.05, 3.63) is 29.0 Å². The van der Waals surface area contributed by atoms with Crippen LogP contribution < -0.4 is 5.73 Å². The molecule has 2 aromatic rings. The van der Waals surface area contributed by atoms with E-state index in [0.29, 0.717) is 29.0 Å². The van der Waals surface area contributed by atoms with Crippen molar-refractivity contribution < 1.29 is 9.26 Å². The Morgan fingerprint density at radius 2 is 2.21 bits per heavy atom. The molecule has 0 aliphatic rings. The molecule has 0 aliphatic carbocycles. The van der Waals surface area contributed by atoms with E-state index in [1.165, 1.54) is 0 Å². The maximum Gasteiger partial charge on any atom is 0.258 e. The second-order valence-corrected chi connectivity index (χ2v) is 4.45.